The molecule has 0 amide bonds. The highest BCUT2D eigenvalue weighted by Crippen LogP contribution is 2.19. The minimum atomic E-state index is -3.16. The van der Waals surface area contributed by atoms with Crippen LogP contribution >= 0.6 is 0 Å². The van der Waals surface area contributed by atoms with Gasteiger partial charge in [-0.05, 0) is 38.1 Å². The maximum Gasteiger partial charge on any atom is 0.180 e. The average Bonchev–Trinajstić information content (AvgIpc) is 2.17. The quantitative estimate of drug-likeness (QED) is 0.771. The van der Waals surface area contributed by atoms with Gasteiger partial charge in [0.05, 0.1) is 17.3 Å². The monoisotopic (exact) mass is 214 g/mol. The van der Waals surface area contributed by atoms with Crippen LogP contribution in [0.15, 0.2) is 29.2 Å². The van der Waals surface area contributed by atoms with Gasteiger partial charge in [0.15, 0.2) is 9.84 Å². The normalized spacial score (nSPS) is 11.7. The van der Waals surface area contributed by atoms with Crippen molar-refractivity contribution >= 4 is 9.84 Å². The summed E-state index contributed by atoms with van der Waals surface area (Å²) < 4.78 is 28.3. The van der Waals surface area contributed by atoms with Crippen molar-refractivity contribution in [3.63, 3.8) is 0 Å². The summed E-state index contributed by atoms with van der Waals surface area (Å²) in [6.07, 6.45) is 0. The topological polar surface area (TPSA) is 43.4 Å². The molecule has 0 aliphatic carbocycles. The first-order valence-corrected chi connectivity index (χ1v) is 5.91. The zero-order chi connectivity index (χ0) is 10.8. The molecule has 0 aromatic heterocycles. The second-order valence-electron chi connectivity index (χ2n) is 3.27. The summed E-state index contributed by atoms with van der Waals surface area (Å²) >= 11 is 0. The molecule has 0 radical (unpaired) electrons. The molecule has 0 fully saturated rings. The third-order valence-electron chi connectivity index (χ3n) is 2.01. The summed E-state index contributed by atoms with van der Waals surface area (Å²) in [5, 5.41) is -0.393. The molecule has 0 atom stereocenters. The van der Waals surface area contributed by atoms with Crippen molar-refractivity contribution in [1.29, 1.82) is 0 Å². The molecule has 0 unspecified atom stereocenters. The van der Waals surface area contributed by atoms with E-state index in [-0.39, 0.29) is 0 Å². The third-order valence-corrected chi connectivity index (χ3v) is 4.18. The number of methoxy groups -OCH3 is 1. The molecule has 1 aromatic carbocycles. The van der Waals surface area contributed by atoms with Crippen molar-refractivity contribution in [1.82, 2.24) is 0 Å². The molecular weight excluding hydrogens is 200 g/mol. The first-order chi connectivity index (χ1) is 6.48. The highest BCUT2D eigenvalue weighted by Gasteiger charge is 2.18. The van der Waals surface area contributed by atoms with Crippen molar-refractivity contribution < 1.29 is 13.2 Å². The second kappa shape index (κ2) is 4.00. The summed E-state index contributed by atoms with van der Waals surface area (Å²) in [5.41, 5.74) is 0. The highest BCUT2D eigenvalue weighted by molar-refractivity contribution is 7.92. The Kier molecular flexibility index (Phi) is 3.16. The van der Waals surface area contributed by atoms with Gasteiger partial charge in [0, 0.05) is 0 Å². The number of rotatable bonds is 3. The SMILES string of the molecule is COc1ccc(S(=O)(=O)C(C)C)cc1. The molecule has 0 saturated heterocycles. The fourth-order valence-electron chi connectivity index (χ4n) is 1.04. The number of benzene rings is 1. The number of hydrogen-bond donors (Lipinski definition) is 0. The lowest BCUT2D eigenvalue weighted by Gasteiger charge is -2.07. The molecule has 3 nitrogen and oxygen atoms in total. The van der Waals surface area contributed by atoms with Crippen LogP contribution in [0.5, 0.6) is 5.75 Å². The summed E-state index contributed by atoms with van der Waals surface area (Å²) in [6.45, 7) is 3.33. The zero-order valence-electron chi connectivity index (χ0n) is 8.52. The van der Waals surface area contributed by atoms with E-state index in [0.29, 0.717) is 10.6 Å². The van der Waals surface area contributed by atoms with Crippen molar-refractivity contribution in [2.24, 2.45) is 0 Å². The molecule has 0 N–H and O–H groups in total. The van der Waals surface area contributed by atoms with Crippen LogP contribution in [0.25, 0.3) is 0 Å². The standard InChI is InChI=1S/C10H14O3S/c1-8(2)14(11,12)10-6-4-9(13-3)5-7-10/h4-8H,1-3H3. The first kappa shape index (κ1) is 11.0. The predicted molar refractivity (Wildman–Crippen MR) is 55.3 cm³/mol. The van der Waals surface area contributed by atoms with Gasteiger partial charge in [-0.1, -0.05) is 0 Å². The van der Waals surface area contributed by atoms with Crippen LogP contribution in [0.3, 0.4) is 0 Å². The fourth-order valence-corrected chi connectivity index (χ4v) is 2.10. The lowest BCUT2D eigenvalue weighted by molar-refractivity contribution is 0.414. The number of sulfone groups is 1. The van der Waals surface area contributed by atoms with E-state index in [1.54, 1.807) is 45.2 Å². The maximum absolute atomic E-state index is 11.7. The third kappa shape index (κ3) is 2.07. The Morgan fingerprint density at radius 1 is 1.14 bits per heavy atom. The molecule has 0 bridgehead atoms. The summed E-state index contributed by atoms with van der Waals surface area (Å²) in [4.78, 5) is 0.341. The molecule has 14 heavy (non-hydrogen) atoms. The Bertz CT molecular complexity index is 390. The molecule has 78 valence electrons. The van der Waals surface area contributed by atoms with Gasteiger partial charge < -0.3 is 4.74 Å². The predicted octanol–water partition coefficient (Wildman–Crippen LogP) is 1.88. The summed E-state index contributed by atoms with van der Waals surface area (Å²) in [7, 11) is -1.61. The van der Waals surface area contributed by atoms with Gasteiger partial charge >= 0.3 is 0 Å². The van der Waals surface area contributed by atoms with Gasteiger partial charge in [-0.3, -0.25) is 0 Å². The lowest BCUT2D eigenvalue weighted by atomic mass is 10.3. The minimum absolute atomic E-state index is 0.341. The van der Waals surface area contributed by atoms with Crippen LogP contribution in [0.2, 0.25) is 0 Å². The van der Waals surface area contributed by atoms with Gasteiger partial charge in [-0.15, -0.1) is 0 Å². The highest BCUT2D eigenvalue weighted by atomic mass is 32.2. The lowest BCUT2D eigenvalue weighted by Crippen LogP contribution is -2.13. The Balaban J connectivity index is 3.10. The fraction of sp³-hybridized carbons (Fsp3) is 0.400. The van der Waals surface area contributed by atoms with Gasteiger partial charge in [0.2, 0.25) is 0 Å². The molecule has 0 heterocycles. The van der Waals surface area contributed by atoms with Crippen molar-refractivity contribution in [3.05, 3.63) is 24.3 Å². The largest absolute Gasteiger partial charge is 0.497 e. The van der Waals surface area contributed by atoms with Crippen LogP contribution in [-0.2, 0) is 9.84 Å². The van der Waals surface area contributed by atoms with E-state index in [9.17, 15) is 8.42 Å². The Labute approximate surface area is 84.6 Å². The number of ether oxygens (including phenoxy) is 1. The summed E-state index contributed by atoms with van der Waals surface area (Å²) in [6, 6.07) is 6.42. The van der Waals surface area contributed by atoms with Crippen molar-refractivity contribution in [3.8, 4) is 5.75 Å². The van der Waals surface area contributed by atoms with E-state index in [1.165, 1.54) is 0 Å². The molecule has 1 aromatic rings. The van der Waals surface area contributed by atoms with E-state index in [2.05, 4.69) is 0 Å². The smallest absolute Gasteiger partial charge is 0.180 e. The molecule has 4 heteroatoms. The van der Waals surface area contributed by atoms with E-state index in [4.69, 9.17) is 4.74 Å². The van der Waals surface area contributed by atoms with E-state index in [1.807, 2.05) is 0 Å². The van der Waals surface area contributed by atoms with Crippen LogP contribution in [0.4, 0.5) is 0 Å². The second-order valence-corrected chi connectivity index (χ2v) is 5.77. The van der Waals surface area contributed by atoms with Crippen molar-refractivity contribution in [2.45, 2.75) is 24.0 Å². The molecule has 0 aliphatic rings. The van der Waals surface area contributed by atoms with Gasteiger partial charge in [-0.25, -0.2) is 8.42 Å². The van der Waals surface area contributed by atoms with E-state index >= 15 is 0 Å². The van der Waals surface area contributed by atoms with Gasteiger partial charge in [0.25, 0.3) is 0 Å². The summed E-state index contributed by atoms with van der Waals surface area (Å²) in [5.74, 6) is 0.660. The first-order valence-electron chi connectivity index (χ1n) is 4.36. The Hall–Kier alpha value is -1.03. The molecule has 0 aliphatic heterocycles. The molecule has 0 saturated carbocycles. The van der Waals surface area contributed by atoms with Crippen LogP contribution < -0.4 is 4.74 Å². The average molecular weight is 214 g/mol. The number of hydrogen-bond acceptors (Lipinski definition) is 3. The zero-order valence-corrected chi connectivity index (χ0v) is 9.34. The van der Waals surface area contributed by atoms with Crippen LogP contribution in [0.1, 0.15) is 13.8 Å². The Morgan fingerprint density at radius 2 is 1.64 bits per heavy atom. The van der Waals surface area contributed by atoms with Crippen LogP contribution in [0, 0.1) is 0 Å². The minimum Gasteiger partial charge on any atom is -0.497 e. The van der Waals surface area contributed by atoms with Gasteiger partial charge in [-0.2, -0.15) is 0 Å². The van der Waals surface area contributed by atoms with Crippen molar-refractivity contribution in [2.75, 3.05) is 7.11 Å². The molecule has 0 spiro atoms. The molecule has 1 rings (SSSR count). The maximum atomic E-state index is 11.7. The molecular formula is C10H14O3S. The van der Waals surface area contributed by atoms with E-state index < -0.39 is 15.1 Å². The van der Waals surface area contributed by atoms with Gasteiger partial charge in [0.1, 0.15) is 5.75 Å². The Morgan fingerprint density at radius 3 is 2.00 bits per heavy atom. The van der Waals surface area contributed by atoms with Crippen LogP contribution in [-0.4, -0.2) is 20.8 Å². The van der Waals surface area contributed by atoms with E-state index in [0.717, 1.165) is 0 Å².